The molecule has 0 spiro atoms. The summed E-state index contributed by atoms with van der Waals surface area (Å²) >= 11 is 0. The highest BCUT2D eigenvalue weighted by Gasteiger charge is 2.26. The van der Waals surface area contributed by atoms with E-state index in [1.165, 1.54) is 0 Å². The van der Waals surface area contributed by atoms with Crippen LogP contribution in [0.5, 0.6) is 0 Å². The Hall–Kier alpha value is -0.650. The van der Waals surface area contributed by atoms with Crippen molar-refractivity contribution < 1.29 is 14.6 Å². The molecule has 112 valence electrons. The number of aliphatic hydroxyl groups is 1. The molecule has 0 amide bonds. The lowest BCUT2D eigenvalue weighted by Crippen LogP contribution is -2.49. The average Bonchev–Trinajstić information content (AvgIpc) is 2.43. The number of piperidine rings is 1. The maximum atomic E-state index is 11.4. The van der Waals surface area contributed by atoms with Crippen LogP contribution in [0.2, 0.25) is 0 Å². The van der Waals surface area contributed by atoms with Gasteiger partial charge in [0.1, 0.15) is 0 Å². The van der Waals surface area contributed by atoms with E-state index in [1.54, 1.807) is 0 Å². The normalized spacial score (nSPS) is 24.4. The number of aliphatic hydroxyl groups excluding tert-OH is 1. The lowest BCUT2D eigenvalue weighted by atomic mass is 9.90. The summed E-state index contributed by atoms with van der Waals surface area (Å²) in [5, 5.41) is 12.3. The topological polar surface area (TPSA) is 61.8 Å². The molecule has 1 heterocycles. The number of nitrogens with zero attached hydrogens (tertiary/aromatic N) is 1. The van der Waals surface area contributed by atoms with E-state index in [4.69, 9.17) is 9.84 Å². The van der Waals surface area contributed by atoms with E-state index < -0.39 is 0 Å². The number of likely N-dealkylation sites (tertiary alicyclic amines) is 1. The van der Waals surface area contributed by atoms with Crippen LogP contribution in [0.3, 0.4) is 0 Å². The SMILES string of the molecule is CCOC(=O)CCC1CC(NCCO)CN(CC)C1. The minimum Gasteiger partial charge on any atom is -0.466 e. The zero-order valence-electron chi connectivity index (χ0n) is 12.2. The number of likely N-dealkylation sites (N-methyl/N-ethyl adjacent to an activating group) is 1. The maximum Gasteiger partial charge on any atom is 0.305 e. The molecule has 1 rings (SSSR count). The Morgan fingerprint density at radius 2 is 2.21 bits per heavy atom. The van der Waals surface area contributed by atoms with Gasteiger partial charge in [-0.25, -0.2) is 0 Å². The molecule has 2 unspecified atom stereocenters. The monoisotopic (exact) mass is 272 g/mol. The van der Waals surface area contributed by atoms with Crippen LogP contribution in [0.4, 0.5) is 0 Å². The minimum atomic E-state index is -0.0870. The number of ether oxygens (including phenoxy) is 1. The van der Waals surface area contributed by atoms with E-state index in [0.717, 1.165) is 32.5 Å². The lowest BCUT2D eigenvalue weighted by molar-refractivity contribution is -0.143. The average molecular weight is 272 g/mol. The molecular weight excluding hydrogens is 244 g/mol. The Kier molecular flexibility index (Phi) is 8.02. The van der Waals surface area contributed by atoms with Crippen molar-refractivity contribution in [2.24, 2.45) is 5.92 Å². The van der Waals surface area contributed by atoms with Crippen molar-refractivity contribution in [1.82, 2.24) is 10.2 Å². The van der Waals surface area contributed by atoms with Crippen LogP contribution in [0.15, 0.2) is 0 Å². The van der Waals surface area contributed by atoms with Crippen LogP contribution in [0, 0.1) is 5.92 Å². The van der Waals surface area contributed by atoms with Gasteiger partial charge in [-0.3, -0.25) is 4.79 Å². The van der Waals surface area contributed by atoms with Crippen molar-refractivity contribution in [3.8, 4) is 0 Å². The summed E-state index contributed by atoms with van der Waals surface area (Å²) < 4.78 is 4.98. The van der Waals surface area contributed by atoms with Crippen molar-refractivity contribution in [3.63, 3.8) is 0 Å². The number of carbonyl (C=O) groups is 1. The fourth-order valence-corrected chi connectivity index (χ4v) is 2.74. The first-order valence-corrected chi connectivity index (χ1v) is 7.41. The van der Waals surface area contributed by atoms with E-state index in [9.17, 15) is 4.79 Å². The maximum absolute atomic E-state index is 11.4. The van der Waals surface area contributed by atoms with Gasteiger partial charge in [0.05, 0.1) is 13.2 Å². The molecule has 2 N–H and O–H groups in total. The summed E-state index contributed by atoms with van der Waals surface area (Å²) in [5.41, 5.74) is 0. The Labute approximate surface area is 116 Å². The van der Waals surface area contributed by atoms with Gasteiger partial charge in [-0.1, -0.05) is 6.92 Å². The fraction of sp³-hybridized carbons (Fsp3) is 0.929. The highest BCUT2D eigenvalue weighted by Crippen LogP contribution is 2.21. The summed E-state index contributed by atoms with van der Waals surface area (Å²) in [4.78, 5) is 13.8. The largest absolute Gasteiger partial charge is 0.466 e. The highest BCUT2D eigenvalue weighted by molar-refractivity contribution is 5.69. The zero-order valence-corrected chi connectivity index (χ0v) is 12.2. The standard InChI is InChI=1S/C14H28N2O3/c1-3-16-10-12(5-6-14(18)19-4-2)9-13(11-16)15-7-8-17/h12-13,15,17H,3-11H2,1-2H3. The Morgan fingerprint density at radius 3 is 2.84 bits per heavy atom. The van der Waals surface area contributed by atoms with Crippen LogP contribution in [0.25, 0.3) is 0 Å². The van der Waals surface area contributed by atoms with Crippen LogP contribution in [-0.2, 0) is 9.53 Å². The second-order valence-corrected chi connectivity index (χ2v) is 5.17. The van der Waals surface area contributed by atoms with Crippen molar-refractivity contribution in [2.75, 3.05) is 39.4 Å². The van der Waals surface area contributed by atoms with Gasteiger partial charge in [-0.2, -0.15) is 0 Å². The third-order valence-electron chi connectivity index (χ3n) is 3.67. The van der Waals surface area contributed by atoms with Gasteiger partial charge in [-0.15, -0.1) is 0 Å². The smallest absolute Gasteiger partial charge is 0.305 e. The van der Waals surface area contributed by atoms with Crippen molar-refractivity contribution in [1.29, 1.82) is 0 Å². The van der Waals surface area contributed by atoms with Crippen LogP contribution in [-0.4, -0.2) is 61.4 Å². The van der Waals surface area contributed by atoms with Gasteiger partial charge in [0.25, 0.3) is 0 Å². The van der Waals surface area contributed by atoms with Crippen molar-refractivity contribution >= 4 is 5.97 Å². The first-order valence-electron chi connectivity index (χ1n) is 7.41. The van der Waals surface area contributed by atoms with Crippen LogP contribution in [0.1, 0.15) is 33.1 Å². The Morgan fingerprint density at radius 1 is 1.42 bits per heavy atom. The molecule has 2 atom stereocenters. The fourth-order valence-electron chi connectivity index (χ4n) is 2.74. The molecule has 0 aromatic carbocycles. The molecule has 1 aliphatic heterocycles. The van der Waals surface area contributed by atoms with Crippen LogP contribution >= 0.6 is 0 Å². The highest BCUT2D eigenvalue weighted by atomic mass is 16.5. The molecule has 0 aromatic heterocycles. The molecule has 19 heavy (non-hydrogen) atoms. The first kappa shape index (κ1) is 16.4. The molecule has 0 bridgehead atoms. The molecule has 0 aromatic rings. The predicted molar refractivity (Wildman–Crippen MR) is 75.0 cm³/mol. The summed E-state index contributed by atoms with van der Waals surface area (Å²) in [6, 6.07) is 0.424. The molecule has 5 nitrogen and oxygen atoms in total. The van der Waals surface area contributed by atoms with E-state index in [1.807, 2.05) is 6.92 Å². The first-order chi connectivity index (χ1) is 9.19. The van der Waals surface area contributed by atoms with Crippen LogP contribution < -0.4 is 5.32 Å². The molecule has 1 aliphatic rings. The Bertz CT molecular complexity index is 261. The van der Waals surface area contributed by atoms with E-state index >= 15 is 0 Å². The van der Waals surface area contributed by atoms with Gasteiger partial charge in [0.2, 0.25) is 0 Å². The minimum absolute atomic E-state index is 0.0870. The second kappa shape index (κ2) is 9.28. The molecule has 0 aliphatic carbocycles. The van der Waals surface area contributed by atoms with E-state index in [2.05, 4.69) is 17.1 Å². The number of esters is 1. The number of carbonyl (C=O) groups excluding carboxylic acids is 1. The quantitative estimate of drug-likeness (QED) is 0.634. The summed E-state index contributed by atoms with van der Waals surface area (Å²) in [7, 11) is 0. The van der Waals surface area contributed by atoms with E-state index in [0.29, 0.717) is 31.5 Å². The molecule has 0 radical (unpaired) electrons. The Balaban J connectivity index is 2.36. The second-order valence-electron chi connectivity index (χ2n) is 5.17. The summed E-state index contributed by atoms with van der Waals surface area (Å²) in [6.07, 6.45) is 2.49. The predicted octanol–water partition coefficient (Wildman–Crippen LogP) is 0.622. The lowest BCUT2D eigenvalue weighted by Gasteiger charge is -2.37. The van der Waals surface area contributed by atoms with Gasteiger partial charge in [0.15, 0.2) is 0 Å². The molecule has 1 saturated heterocycles. The van der Waals surface area contributed by atoms with Crippen molar-refractivity contribution in [3.05, 3.63) is 0 Å². The summed E-state index contributed by atoms with van der Waals surface area (Å²) in [5.74, 6) is 0.449. The van der Waals surface area contributed by atoms with E-state index in [-0.39, 0.29) is 12.6 Å². The van der Waals surface area contributed by atoms with Gasteiger partial charge in [0, 0.05) is 32.1 Å². The molecular formula is C14H28N2O3. The third-order valence-corrected chi connectivity index (χ3v) is 3.67. The number of rotatable bonds is 8. The van der Waals surface area contributed by atoms with Gasteiger partial charge >= 0.3 is 5.97 Å². The summed E-state index contributed by atoms with van der Waals surface area (Å²) in [6.45, 7) is 8.42. The van der Waals surface area contributed by atoms with Crippen molar-refractivity contribution in [2.45, 2.75) is 39.2 Å². The number of nitrogens with one attached hydrogen (secondary N) is 1. The molecule has 0 saturated carbocycles. The number of hydrogen-bond donors (Lipinski definition) is 2. The zero-order chi connectivity index (χ0) is 14.1. The van der Waals surface area contributed by atoms with Gasteiger partial charge in [-0.05, 0) is 32.2 Å². The molecule has 5 heteroatoms. The third kappa shape index (κ3) is 6.36. The van der Waals surface area contributed by atoms with Gasteiger partial charge < -0.3 is 20.1 Å². The number of hydrogen-bond acceptors (Lipinski definition) is 5. The molecule has 1 fully saturated rings.